The zero-order chi connectivity index (χ0) is 14.8. The first kappa shape index (κ1) is 14.4. The van der Waals surface area contributed by atoms with E-state index in [0.717, 1.165) is 4.31 Å². The highest BCUT2D eigenvalue weighted by atomic mass is 32.2. The van der Waals surface area contributed by atoms with Crippen LogP contribution in [0.3, 0.4) is 0 Å². The Labute approximate surface area is 116 Å². The average Bonchev–Trinajstić information content (AvgIpc) is 2.39. The molecule has 2 rings (SSSR count). The van der Waals surface area contributed by atoms with Gasteiger partial charge in [0.05, 0.1) is 5.69 Å². The topological polar surface area (TPSA) is 76.3 Å². The SMILES string of the molecule is CN(Cc1cccc(F)c1)S(=O)(=O)c1cnccc1N. The highest BCUT2D eigenvalue weighted by molar-refractivity contribution is 7.89. The van der Waals surface area contributed by atoms with Crippen molar-refractivity contribution in [3.8, 4) is 0 Å². The van der Waals surface area contributed by atoms with Gasteiger partial charge < -0.3 is 5.73 Å². The summed E-state index contributed by atoms with van der Waals surface area (Å²) < 4.78 is 38.9. The van der Waals surface area contributed by atoms with Gasteiger partial charge in [0, 0.05) is 26.0 Å². The molecule has 1 heterocycles. The second-order valence-electron chi connectivity index (χ2n) is 4.30. The van der Waals surface area contributed by atoms with E-state index in [1.807, 2.05) is 0 Å². The number of benzene rings is 1. The van der Waals surface area contributed by atoms with Crippen molar-refractivity contribution < 1.29 is 12.8 Å². The molecule has 0 radical (unpaired) electrons. The van der Waals surface area contributed by atoms with Gasteiger partial charge in [0.15, 0.2) is 0 Å². The van der Waals surface area contributed by atoms with Gasteiger partial charge in [0.2, 0.25) is 10.0 Å². The van der Waals surface area contributed by atoms with Gasteiger partial charge in [-0.2, -0.15) is 4.31 Å². The predicted octanol–water partition coefficient (Wildman–Crippen LogP) is 1.62. The van der Waals surface area contributed by atoms with Crippen LogP contribution in [0.5, 0.6) is 0 Å². The van der Waals surface area contributed by atoms with Gasteiger partial charge in [-0.15, -0.1) is 0 Å². The van der Waals surface area contributed by atoms with Gasteiger partial charge in [-0.1, -0.05) is 12.1 Å². The minimum absolute atomic E-state index is 0.0500. The molecule has 0 unspecified atom stereocenters. The van der Waals surface area contributed by atoms with E-state index in [4.69, 9.17) is 5.73 Å². The Hall–Kier alpha value is -1.99. The van der Waals surface area contributed by atoms with Crippen molar-refractivity contribution in [3.05, 3.63) is 54.1 Å². The fraction of sp³-hybridized carbons (Fsp3) is 0.154. The van der Waals surface area contributed by atoms with Crippen LogP contribution in [0.15, 0.2) is 47.6 Å². The zero-order valence-electron chi connectivity index (χ0n) is 10.8. The lowest BCUT2D eigenvalue weighted by Crippen LogP contribution is -2.27. The summed E-state index contributed by atoms with van der Waals surface area (Å²) in [6.07, 6.45) is 2.62. The minimum atomic E-state index is -3.76. The van der Waals surface area contributed by atoms with Gasteiger partial charge in [0.25, 0.3) is 0 Å². The quantitative estimate of drug-likeness (QED) is 0.930. The Morgan fingerprint density at radius 2 is 2.10 bits per heavy atom. The molecule has 106 valence electrons. The lowest BCUT2D eigenvalue weighted by molar-refractivity contribution is 0.465. The molecule has 2 N–H and O–H groups in total. The van der Waals surface area contributed by atoms with E-state index in [1.54, 1.807) is 6.07 Å². The van der Waals surface area contributed by atoms with Crippen molar-refractivity contribution in [1.82, 2.24) is 9.29 Å². The summed E-state index contributed by atoms with van der Waals surface area (Å²) in [4.78, 5) is 3.71. The van der Waals surface area contributed by atoms with Crippen LogP contribution in [-0.4, -0.2) is 24.8 Å². The van der Waals surface area contributed by atoms with Crippen LogP contribution in [0.4, 0.5) is 10.1 Å². The predicted molar refractivity (Wildman–Crippen MR) is 73.7 cm³/mol. The smallest absolute Gasteiger partial charge is 0.246 e. The number of halogens is 1. The lowest BCUT2D eigenvalue weighted by Gasteiger charge is -2.18. The third-order valence-electron chi connectivity index (χ3n) is 2.80. The van der Waals surface area contributed by atoms with E-state index in [1.165, 1.54) is 43.7 Å². The second-order valence-corrected chi connectivity index (χ2v) is 6.32. The molecule has 0 saturated heterocycles. The van der Waals surface area contributed by atoms with Crippen LogP contribution in [0.1, 0.15) is 5.56 Å². The van der Waals surface area contributed by atoms with Crippen molar-refractivity contribution >= 4 is 15.7 Å². The molecule has 0 aliphatic carbocycles. The number of hydrogen-bond acceptors (Lipinski definition) is 4. The van der Waals surface area contributed by atoms with E-state index in [0.29, 0.717) is 5.56 Å². The Kier molecular flexibility index (Phi) is 4.01. The van der Waals surface area contributed by atoms with Crippen molar-refractivity contribution in [3.63, 3.8) is 0 Å². The van der Waals surface area contributed by atoms with Crippen molar-refractivity contribution in [2.45, 2.75) is 11.4 Å². The van der Waals surface area contributed by atoms with Crippen LogP contribution < -0.4 is 5.73 Å². The van der Waals surface area contributed by atoms with Crippen molar-refractivity contribution in [2.75, 3.05) is 12.8 Å². The molecule has 0 bridgehead atoms. The van der Waals surface area contributed by atoms with Crippen LogP contribution >= 0.6 is 0 Å². The van der Waals surface area contributed by atoms with Gasteiger partial charge in [-0.3, -0.25) is 4.98 Å². The zero-order valence-corrected chi connectivity index (χ0v) is 11.6. The maximum Gasteiger partial charge on any atom is 0.246 e. The highest BCUT2D eigenvalue weighted by Gasteiger charge is 2.23. The van der Waals surface area contributed by atoms with E-state index in [9.17, 15) is 12.8 Å². The fourth-order valence-electron chi connectivity index (χ4n) is 1.75. The van der Waals surface area contributed by atoms with E-state index < -0.39 is 15.8 Å². The third-order valence-corrected chi connectivity index (χ3v) is 4.65. The molecular weight excluding hydrogens is 281 g/mol. The number of nitrogen functional groups attached to an aromatic ring is 1. The molecule has 0 fully saturated rings. The van der Waals surface area contributed by atoms with Gasteiger partial charge >= 0.3 is 0 Å². The molecule has 1 aromatic carbocycles. The summed E-state index contributed by atoms with van der Waals surface area (Å²) >= 11 is 0. The maximum absolute atomic E-state index is 13.1. The van der Waals surface area contributed by atoms with Crippen LogP contribution in [0.2, 0.25) is 0 Å². The summed E-state index contributed by atoms with van der Waals surface area (Å²) in [7, 11) is -2.35. The normalized spacial score (nSPS) is 11.8. The molecule has 7 heteroatoms. The highest BCUT2D eigenvalue weighted by Crippen LogP contribution is 2.21. The number of sulfonamides is 1. The molecule has 0 aliphatic heterocycles. The van der Waals surface area contributed by atoms with Gasteiger partial charge in [-0.25, -0.2) is 12.8 Å². The Morgan fingerprint density at radius 1 is 1.35 bits per heavy atom. The molecule has 2 aromatic rings. The molecule has 20 heavy (non-hydrogen) atoms. The second kappa shape index (κ2) is 5.56. The summed E-state index contributed by atoms with van der Waals surface area (Å²) in [5, 5.41) is 0. The monoisotopic (exact) mass is 295 g/mol. The fourth-order valence-corrected chi connectivity index (χ4v) is 2.97. The largest absolute Gasteiger partial charge is 0.398 e. The van der Waals surface area contributed by atoms with Crippen molar-refractivity contribution in [1.29, 1.82) is 0 Å². The number of aromatic nitrogens is 1. The first-order chi connectivity index (χ1) is 9.41. The number of pyridine rings is 1. The molecule has 0 saturated carbocycles. The summed E-state index contributed by atoms with van der Waals surface area (Å²) in [5.74, 6) is -0.408. The Balaban J connectivity index is 2.29. The first-order valence-electron chi connectivity index (χ1n) is 5.81. The third kappa shape index (κ3) is 2.94. The maximum atomic E-state index is 13.1. The standard InChI is InChI=1S/C13H14FN3O2S/c1-17(9-10-3-2-4-11(14)7-10)20(18,19)13-8-16-6-5-12(13)15/h2-8H,9H2,1H3,(H2,15,16). The molecular formula is C13H14FN3O2S. The molecule has 0 amide bonds. The van der Waals surface area contributed by atoms with E-state index in [-0.39, 0.29) is 17.1 Å². The number of anilines is 1. The van der Waals surface area contributed by atoms with Crippen LogP contribution in [0, 0.1) is 5.82 Å². The number of nitrogens with two attached hydrogens (primary N) is 1. The molecule has 5 nitrogen and oxygen atoms in total. The molecule has 1 aromatic heterocycles. The van der Waals surface area contributed by atoms with E-state index >= 15 is 0 Å². The minimum Gasteiger partial charge on any atom is -0.398 e. The Morgan fingerprint density at radius 3 is 2.75 bits per heavy atom. The van der Waals surface area contributed by atoms with Crippen LogP contribution in [-0.2, 0) is 16.6 Å². The lowest BCUT2D eigenvalue weighted by atomic mass is 10.2. The molecule has 0 spiro atoms. The molecule has 0 atom stereocenters. The van der Waals surface area contributed by atoms with Gasteiger partial charge in [0.1, 0.15) is 10.7 Å². The first-order valence-corrected chi connectivity index (χ1v) is 7.25. The van der Waals surface area contributed by atoms with Crippen LogP contribution in [0.25, 0.3) is 0 Å². The summed E-state index contributed by atoms with van der Waals surface area (Å²) in [6, 6.07) is 7.20. The number of rotatable bonds is 4. The number of hydrogen-bond donors (Lipinski definition) is 1. The van der Waals surface area contributed by atoms with Gasteiger partial charge in [-0.05, 0) is 23.8 Å². The average molecular weight is 295 g/mol. The molecule has 0 aliphatic rings. The van der Waals surface area contributed by atoms with E-state index in [2.05, 4.69) is 4.98 Å². The Bertz CT molecular complexity index is 719. The summed E-state index contributed by atoms with van der Waals surface area (Å²) in [5.41, 5.74) is 6.34. The summed E-state index contributed by atoms with van der Waals surface area (Å²) in [6.45, 7) is 0.0500. The van der Waals surface area contributed by atoms with Crippen molar-refractivity contribution in [2.24, 2.45) is 0 Å². The number of nitrogens with zero attached hydrogens (tertiary/aromatic N) is 2.